The molecule has 1 nitrogen and oxygen atoms in total. The first-order valence-electron chi connectivity index (χ1n) is 0.359. The van der Waals surface area contributed by atoms with Crippen LogP contribution in [0.5, 0.6) is 0 Å². The minimum atomic E-state index is -1.85. The molecule has 5 heavy (non-hydrogen) atoms. The Morgan fingerprint density at radius 1 is 1.00 bits per heavy atom. The van der Waals surface area contributed by atoms with Crippen LogP contribution in [0, 0.1) is 0 Å². The summed E-state index contributed by atoms with van der Waals surface area (Å²) in [5, 5.41) is 0. The van der Waals surface area contributed by atoms with Crippen LogP contribution in [0.15, 0.2) is 0 Å². The van der Waals surface area contributed by atoms with E-state index >= 15 is 0 Å². The first-order chi connectivity index (χ1) is 1.73. The molecule has 39 valence electrons. The fourth-order valence-corrected chi connectivity index (χ4v) is 0. The van der Waals surface area contributed by atoms with Crippen LogP contribution in [-0.2, 0) is 14.2 Å². The van der Waals surface area contributed by atoms with Crippen LogP contribution in [0.1, 0.15) is 0 Å². The normalized spacial score (nSPS) is 9.00. The zero-order chi connectivity index (χ0) is 3.58. The van der Waals surface area contributed by atoms with Gasteiger partial charge in [-0.3, -0.25) is 0 Å². The third-order valence-corrected chi connectivity index (χ3v) is 0. The summed E-state index contributed by atoms with van der Waals surface area (Å²) in [6.07, 6.45) is 0. The summed E-state index contributed by atoms with van der Waals surface area (Å²) in [5.41, 5.74) is 0. The Morgan fingerprint density at radius 3 is 1.00 bits per heavy atom. The molecule has 0 aliphatic heterocycles. The van der Waals surface area contributed by atoms with Gasteiger partial charge in [-0.1, -0.05) is 0 Å². The molecule has 5 heteroatoms. The number of halogens is 3. The van der Waals surface area contributed by atoms with Gasteiger partial charge in [-0.15, -0.1) is 0 Å². The monoisotopic (exact) mass is 318 g/mol. The predicted molar refractivity (Wildman–Crippen MR) is 21.2 cm³/mol. The summed E-state index contributed by atoms with van der Waals surface area (Å²) >= 11 is -1.85. The van der Waals surface area contributed by atoms with E-state index in [1.807, 2.05) is 0 Å². The summed E-state index contributed by atoms with van der Waals surface area (Å²) in [4.78, 5) is 0. The van der Waals surface area contributed by atoms with Crippen molar-refractivity contribution in [3.05, 3.63) is 0 Å². The second-order valence-corrected chi connectivity index (χ2v) is 9.98. The van der Waals surface area contributed by atoms with Gasteiger partial charge in [0.05, 0.1) is 0 Å². The summed E-state index contributed by atoms with van der Waals surface area (Å²) in [6.45, 7) is 0. The first-order valence-corrected chi connectivity index (χ1v) is 8.81. The average molecular weight is 319 g/mol. The molecule has 0 radical (unpaired) electrons. The maximum absolute atomic E-state index is 4.96. The summed E-state index contributed by atoms with van der Waals surface area (Å²) in [6, 6.07) is 0. The predicted octanol–water partition coefficient (Wildman–Crippen LogP) is 1.24. The van der Waals surface area contributed by atoms with Crippen molar-refractivity contribution in [1.29, 1.82) is 0 Å². The van der Waals surface area contributed by atoms with E-state index in [1.54, 1.807) is 0 Å². The van der Waals surface area contributed by atoms with Gasteiger partial charge >= 0.3 is 42.4 Å². The van der Waals surface area contributed by atoms with Crippen molar-refractivity contribution in [2.24, 2.45) is 0 Å². The molecule has 0 unspecified atom stereocenters. The van der Waals surface area contributed by atoms with Gasteiger partial charge < -0.3 is 5.48 Å². The Bertz CT molecular complexity index is 11.6. The molecule has 0 atom stereocenters. The molecule has 0 bridgehead atoms. The van der Waals surface area contributed by atoms with E-state index in [0.717, 1.165) is 0 Å². The quantitative estimate of drug-likeness (QED) is 0.643. The van der Waals surface area contributed by atoms with Crippen molar-refractivity contribution in [1.82, 2.24) is 0 Å². The molecule has 0 fully saturated rings. The van der Waals surface area contributed by atoms with Crippen molar-refractivity contribution in [2.75, 3.05) is 0 Å². The van der Waals surface area contributed by atoms with Crippen molar-refractivity contribution >= 4 is 28.3 Å². The number of hydrogen-bond acceptors (Lipinski definition) is 0. The second-order valence-electron chi connectivity index (χ2n) is 0.136. The van der Waals surface area contributed by atoms with Crippen molar-refractivity contribution in [3.8, 4) is 0 Å². The molecule has 0 saturated heterocycles. The Balaban J connectivity index is 0. The molecule has 0 heterocycles. The summed E-state index contributed by atoms with van der Waals surface area (Å²) < 4.78 is 0. The fraction of sp³-hybridized carbons (Fsp3) is 0. The van der Waals surface area contributed by atoms with Crippen LogP contribution < -0.4 is 0 Å². The topological polar surface area (TPSA) is 31.5 Å². The third-order valence-electron chi connectivity index (χ3n) is 0. The van der Waals surface area contributed by atoms with Crippen LogP contribution in [0.3, 0.4) is 0 Å². The molecule has 0 saturated carbocycles. The number of rotatable bonds is 0. The van der Waals surface area contributed by atoms with Crippen LogP contribution in [0.25, 0.3) is 0 Å². The van der Waals surface area contributed by atoms with Gasteiger partial charge in [-0.05, 0) is 0 Å². The van der Waals surface area contributed by atoms with Gasteiger partial charge in [0, 0.05) is 0 Å². The van der Waals surface area contributed by atoms with E-state index in [1.165, 1.54) is 0 Å². The molecular formula is H2Cl3OPt. The molecule has 0 amide bonds. The van der Waals surface area contributed by atoms with E-state index in [2.05, 4.69) is 0 Å². The van der Waals surface area contributed by atoms with E-state index < -0.39 is 14.2 Å². The zero-order valence-electron chi connectivity index (χ0n) is 1.95. The molecule has 2 N–H and O–H groups in total. The summed E-state index contributed by atoms with van der Waals surface area (Å²) in [5.74, 6) is 0. The van der Waals surface area contributed by atoms with Crippen LogP contribution in [0.2, 0.25) is 0 Å². The van der Waals surface area contributed by atoms with Gasteiger partial charge in [-0.2, -0.15) is 0 Å². The Morgan fingerprint density at radius 2 is 1.00 bits per heavy atom. The Labute approximate surface area is 47.9 Å². The van der Waals surface area contributed by atoms with Crippen LogP contribution in [0.4, 0.5) is 0 Å². The molecule has 0 aromatic heterocycles. The molecule has 0 aliphatic carbocycles. The van der Waals surface area contributed by atoms with Crippen molar-refractivity contribution in [3.63, 3.8) is 0 Å². The summed E-state index contributed by atoms with van der Waals surface area (Å²) in [7, 11) is 14.9. The molecular weight excluding hydrogens is 317 g/mol. The second kappa shape index (κ2) is 5.52. The van der Waals surface area contributed by atoms with E-state index in [0.29, 0.717) is 0 Å². The third kappa shape index (κ3) is 29.6. The average Bonchev–Trinajstić information content (AvgIpc) is 0.811. The molecule has 0 aliphatic rings. The van der Waals surface area contributed by atoms with Gasteiger partial charge in [0.2, 0.25) is 0 Å². The van der Waals surface area contributed by atoms with Gasteiger partial charge in [0.1, 0.15) is 0 Å². The fourth-order valence-electron chi connectivity index (χ4n) is 0. The molecule has 0 aromatic rings. The van der Waals surface area contributed by atoms with E-state index in [-0.39, 0.29) is 5.48 Å². The van der Waals surface area contributed by atoms with Gasteiger partial charge in [0.25, 0.3) is 0 Å². The van der Waals surface area contributed by atoms with Gasteiger partial charge in [0.15, 0.2) is 0 Å². The zero-order valence-corrected chi connectivity index (χ0v) is 6.49. The first kappa shape index (κ1) is 9.72. The minimum absolute atomic E-state index is 0. The van der Waals surface area contributed by atoms with Crippen LogP contribution in [-0.4, -0.2) is 5.48 Å². The standard InChI is InChI=1S/3ClH.H2O.Pt/h3*1H;1H2;/q;;;;+3/p-3. The van der Waals surface area contributed by atoms with Crippen molar-refractivity contribution in [2.45, 2.75) is 0 Å². The number of hydrogen-bond donors (Lipinski definition) is 0. The Hall–Kier alpha value is 1.52. The molecule has 0 rings (SSSR count). The van der Waals surface area contributed by atoms with E-state index in [9.17, 15) is 0 Å². The molecule has 0 aromatic carbocycles. The maximum atomic E-state index is 4.96. The molecule has 0 spiro atoms. The van der Waals surface area contributed by atoms with Gasteiger partial charge in [-0.25, -0.2) is 0 Å². The van der Waals surface area contributed by atoms with Crippen molar-refractivity contribution < 1.29 is 19.7 Å². The Kier molecular flexibility index (Phi) is 10.7. The van der Waals surface area contributed by atoms with E-state index in [4.69, 9.17) is 28.3 Å². The van der Waals surface area contributed by atoms with Crippen LogP contribution >= 0.6 is 28.3 Å². The SMILES string of the molecule is O.[Cl][Pt]([Cl])[Cl].